The Balaban J connectivity index is 1.39. The Morgan fingerprint density at radius 3 is 2.73 bits per heavy atom. The summed E-state index contributed by atoms with van der Waals surface area (Å²) < 4.78 is 10.7. The third-order valence-corrected chi connectivity index (χ3v) is 5.61. The first-order valence-electron chi connectivity index (χ1n) is 10.4. The number of benzene rings is 2. The lowest BCUT2D eigenvalue weighted by molar-refractivity contribution is -0.137. The molecule has 170 valence electrons. The first-order chi connectivity index (χ1) is 16.0. The van der Waals surface area contributed by atoms with Crippen LogP contribution in [-0.2, 0) is 4.79 Å². The summed E-state index contributed by atoms with van der Waals surface area (Å²) in [6, 6.07) is 11.1. The molecule has 0 saturated carbocycles. The standard InChI is InChI=1S/C24H23N3O5S/c28-23(29)12-19(15-8-9-20-21(10-15)32-14-31-20)27-24(30)26-18-6-3-5-17(11-18)25-13-16-4-1-2-7-22(16)33/h1-6,8-11,19,25H,7,12-14H2,(H,28,29)(H2,26,27,30)/t19-/m0/s1. The molecule has 2 amide bonds. The van der Waals surface area contributed by atoms with Crippen LogP contribution in [0.1, 0.15) is 24.4 Å². The molecule has 0 fully saturated rings. The van der Waals surface area contributed by atoms with Gasteiger partial charge in [0.25, 0.3) is 0 Å². The van der Waals surface area contributed by atoms with Crippen molar-refractivity contribution in [1.29, 1.82) is 0 Å². The monoisotopic (exact) mass is 465 g/mol. The number of urea groups is 1. The zero-order valence-corrected chi connectivity index (χ0v) is 18.5. The normalized spacial score (nSPS) is 14.9. The highest BCUT2D eigenvalue weighted by Gasteiger charge is 2.22. The number of carbonyl (C=O) groups excluding carboxylic acids is 1. The second kappa shape index (κ2) is 10.2. The highest BCUT2D eigenvalue weighted by atomic mass is 32.1. The van der Waals surface area contributed by atoms with Gasteiger partial charge < -0.3 is 30.5 Å². The molecule has 1 aliphatic heterocycles. The van der Waals surface area contributed by atoms with Crippen LogP contribution in [-0.4, -0.2) is 35.3 Å². The number of ether oxygens (including phenoxy) is 2. The van der Waals surface area contributed by atoms with Crippen LogP contribution in [0.2, 0.25) is 0 Å². The van der Waals surface area contributed by atoms with Crippen molar-refractivity contribution in [3.05, 3.63) is 71.8 Å². The Morgan fingerprint density at radius 2 is 1.91 bits per heavy atom. The van der Waals surface area contributed by atoms with Crippen LogP contribution in [0.5, 0.6) is 11.5 Å². The average Bonchev–Trinajstić information content (AvgIpc) is 3.26. The molecule has 2 aromatic rings. The lowest BCUT2D eigenvalue weighted by atomic mass is 10.0. The number of hydrogen-bond acceptors (Lipinski definition) is 6. The van der Waals surface area contributed by atoms with Gasteiger partial charge in [-0.15, -0.1) is 0 Å². The van der Waals surface area contributed by atoms with E-state index >= 15 is 0 Å². The summed E-state index contributed by atoms with van der Waals surface area (Å²) in [5.41, 5.74) is 3.06. The number of aliphatic carboxylic acids is 1. The predicted molar refractivity (Wildman–Crippen MR) is 129 cm³/mol. The van der Waals surface area contributed by atoms with Gasteiger partial charge >= 0.3 is 12.0 Å². The van der Waals surface area contributed by atoms with Crippen molar-refractivity contribution in [3.8, 4) is 11.5 Å². The van der Waals surface area contributed by atoms with Crippen LogP contribution in [0.4, 0.5) is 16.2 Å². The van der Waals surface area contributed by atoms with Gasteiger partial charge in [0.1, 0.15) is 0 Å². The molecular weight excluding hydrogens is 442 g/mol. The number of anilines is 2. The van der Waals surface area contributed by atoms with E-state index in [2.05, 4.69) is 16.0 Å². The van der Waals surface area contributed by atoms with Crippen molar-refractivity contribution in [2.75, 3.05) is 24.0 Å². The summed E-state index contributed by atoms with van der Waals surface area (Å²) in [6.45, 7) is 0.698. The van der Waals surface area contributed by atoms with Crippen molar-refractivity contribution in [3.63, 3.8) is 0 Å². The lowest BCUT2D eigenvalue weighted by Crippen LogP contribution is -2.33. The number of allylic oxidation sites excluding steroid dienone is 3. The number of carboxylic acid groups (broad SMARTS) is 1. The summed E-state index contributed by atoms with van der Waals surface area (Å²) in [4.78, 5) is 24.9. The Bertz CT molecular complexity index is 1140. The molecule has 0 unspecified atom stereocenters. The van der Waals surface area contributed by atoms with Crippen molar-refractivity contribution in [2.24, 2.45) is 0 Å². The number of thiocarbonyl (C=S) groups is 1. The summed E-state index contributed by atoms with van der Waals surface area (Å²) in [5.74, 6) is 0.0724. The topological polar surface area (TPSA) is 109 Å². The van der Waals surface area contributed by atoms with Gasteiger partial charge in [-0.25, -0.2) is 4.79 Å². The van der Waals surface area contributed by atoms with E-state index < -0.39 is 18.0 Å². The van der Waals surface area contributed by atoms with Crippen LogP contribution in [0.15, 0.2) is 66.3 Å². The highest BCUT2D eigenvalue weighted by Crippen LogP contribution is 2.34. The number of carbonyl (C=O) groups is 2. The first kappa shape index (κ1) is 22.3. The zero-order valence-electron chi connectivity index (χ0n) is 17.7. The minimum atomic E-state index is -1.03. The maximum Gasteiger partial charge on any atom is 0.319 e. The molecule has 9 heteroatoms. The number of carboxylic acids is 1. The van der Waals surface area contributed by atoms with Crippen molar-refractivity contribution in [2.45, 2.75) is 18.9 Å². The van der Waals surface area contributed by atoms with Gasteiger partial charge in [-0.1, -0.05) is 42.6 Å². The number of rotatable bonds is 8. The fraction of sp³-hybridized carbons (Fsp3) is 0.208. The summed E-state index contributed by atoms with van der Waals surface area (Å²) >= 11 is 5.38. The van der Waals surface area contributed by atoms with E-state index in [4.69, 9.17) is 21.7 Å². The SMILES string of the molecule is O=C(O)C[C@H](NC(=O)Nc1cccc(NCC2=CC=CCC2=S)c1)c1ccc2c(c1)OCO2. The fourth-order valence-corrected chi connectivity index (χ4v) is 3.76. The quantitative estimate of drug-likeness (QED) is 0.427. The molecule has 33 heavy (non-hydrogen) atoms. The van der Waals surface area contributed by atoms with Crippen LogP contribution < -0.4 is 25.4 Å². The van der Waals surface area contributed by atoms with Crippen LogP contribution in [0.25, 0.3) is 0 Å². The summed E-state index contributed by atoms with van der Waals surface area (Å²) in [5, 5.41) is 18.1. The van der Waals surface area contributed by atoms with E-state index in [9.17, 15) is 14.7 Å². The third-order valence-electron chi connectivity index (χ3n) is 5.18. The molecule has 4 N–H and O–H groups in total. The number of amides is 2. The van der Waals surface area contributed by atoms with Gasteiger partial charge in [0, 0.05) is 29.2 Å². The number of fused-ring (bicyclic) bond motifs is 1. The van der Waals surface area contributed by atoms with Gasteiger partial charge in [-0.2, -0.15) is 0 Å². The minimum absolute atomic E-state index is 0.112. The van der Waals surface area contributed by atoms with Gasteiger partial charge in [0.2, 0.25) is 6.79 Å². The zero-order chi connectivity index (χ0) is 23.2. The summed E-state index contributed by atoms with van der Waals surface area (Å²) in [7, 11) is 0. The molecule has 2 aliphatic rings. The molecule has 8 nitrogen and oxygen atoms in total. The molecule has 1 aliphatic carbocycles. The van der Waals surface area contributed by atoms with E-state index in [1.165, 1.54) is 0 Å². The smallest absolute Gasteiger partial charge is 0.319 e. The molecule has 0 radical (unpaired) electrons. The van der Waals surface area contributed by atoms with E-state index in [1.807, 2.05) is 30.4 Å². The molecular formula is C24H23N3O5S. The highest BCUT2D eigenvalue weighted by molar-refractivity contribution is 7.80. The fourth-order valence-electron chi connectivity index (χ4n) is 3.53. The van der Waals surface area contributed by atoms with Crippen molar-refractivity contribution < 1.29 is 24.2 Å². The average molecular weight is 466 g/mol. The predicted octanol–water partition coefficient (Wildman–Crippen LogP) is 4.42. The minimum Gasteiger partial charge on any atom is -0.481 e. The van der Waals surface area contributed by atoms with Crippen molar-refractivity contribution in [1.82, 2.24) is 5.32 Å². The Morgan fingerprint density at radius 1 is 1.09 bits per heavy atom. The number of nitrogens with one attached hydrogen (secondary N) is 3. The molecule has 4 rings (SSSR count). The van der Waals surface area contributed by atoms with Crippen LogP contribution in [0.3, 0.4) is 0 Å². The molecule has 1 atom stereocenters. The Hall–Kier alpha value is -3.85. The molecule has 1 heterocycles. The lowest BCUT2D eigenvalue weighted by Gasteiger charge is -2.19. The molecule has 0 saturated heterocycles. The summed E-state index contributed by atoms with van der Waals surface area (Å²) in [6.07, 6.45) is 6.50. The number of hydrogen-bond donors (Lipinski definition) is 4. The maximum absolute atomic E-state index is 12.6. The van der Waals surface area contributed by atoms with Crippen molar-refractivity contribution >= 4 is 40.5 Å². The second-order valence-corrected chi connectivity index (χ2v) is 8.04. The van der Waals surface area contributed by atoms with Gasteiger partial charge in [0.05, 0.1) is 12.5 Å². The van der Waals surface area contributed by atoms with Crippen LogP contribution >= 0.6 is 12.2 Å². The largest absolute Gasteiger partial charge is 0.481 e. The maximum atomic E-state index is 12.6. The van der Waals surface area contributed by atoms with E-state index in [0.717, 1.165) is 22.5 Å². The first-order valence-corrected chi connectivity index (χ1v) is 10.8. The van der Waals surface area contributed by atoms with E-state index in [0.29, 0.717) is 29.3 Å². The Labute approximate surface area is 196 Å². The Kier molecular flexibility index (Phi) is 6.89. The molecule has 0 spiro atoms. The van der Waals surface area contributed by atoms with Gasteiger partial charge in [-0.05, 0) is 41.5 Å². The van der Waals surface area contributed by atoms with Crippen LogP contribution in [0, 0.1) is 0 Å². The molecule has 0 bridgehead atoms. The van der Waals surface area contributed by atoms with E-state index in [-0.39, 0.29) is 13.2 Å². The van der Waals surface area contributed by atoms with E-state index in [1.54, 1.807) is 30.3 Å². The second-order valence-electron chi connectivity index (χ2n) is 7.54. The van der Waals surface area contributed by atoms with Gasteiger partial charge in [0.15, 0.2) is 11.5 Å². The molecule has 2 aromatic carbocycles. The van der Waals surface area contributed by atoms with Gasteiger partial charge in [-0.3, -0.25) is 4.79 Å². The third kappa shape index (κ3) is 5.89. The molecule has 0 aromatic heterocycles.